The third-order valence-electron chi connectivity index (χ3n) is 2.54. The monoisotopic (exact) mass is 455 g/mol. The van der Waals surface area contributed by atoms with Gasteiger partial charge in [-0.3, -0.25) is 0 Å². The standard InChI is InChI=1S/C12H22AsN3O6S.2Na/c1-13(2)23-6-8(11(20)15-5-10(18)19)16-9(17)4-3-7(14)12(21)22;;/h7-8H,3-6,14H2,1-2H3,(H,15,20)(H,16,17)(H,18,19)(H,21,22);;/q;2*+1/p-2/t7-,8-;;/m0../s1. The fourth-order valence-electron chi connectivity index (χ4n) is 1.36. The molecular formula is C12H20AsN3Na2O6S. The number of nitrogens with one attached hydrogen (secondary N) is 2. The normalized spacial score (nSPS) is 12.2. The van der Waals surface area contributed by atoms with Crippen molar-refractivity contribution in [1.82, 2.24) is 10.6 Å². The molecule has 0 unspecified atom stereocenters. The molecule has 0 fully saturated rings. The van der Waals surface area contributed by atoms with E-state index in [1.165, 1.54) is 0 Å². The molecule has 0 spiro atoms. The van der Waals surface area contributed by atoms with Crippen LogP contribution in [0.3, 0.4) is 0 Å². The summed E-state index contributed by atoms with van der Waals surface area (Å²) in [5.74, 6) is -3.75. The number of carbonyl (C=O) groups excluding carboxylic acids is 4. The van der Waals surface area contributed by atoms with Gasteiger partial charge in [0.05, 0.1) is 0 Å². The van der Waals surface area contributed by atoms with E-state index in [9.17, 15) is 29.4 Å². The zero-order valence-electron chi connectivity index (χ0n) is 14.9. The number of hydrogen-bond donors (Lipinski definition) is 3. The van der Waals surface area contributed by atoms with Gasteiger partial charge >= 0.3 is 201 Å². The molecule has 0 saturated heterocycles. The van der Waals surface area contributed by atoms with E-state index in [0.29, 0.717) is 5.75 Å². The Morgan fingerprint density at radius 3 is 2.16 bits per heavy atom. The molecule has 0 rings (SSSR count). The first kappa shape index (κ1) is 30.5. The van der Waals surface area contributed by atoms with Crippen molar-refractivity contribution in [3.63, 3.8) is 0 Å². The minimum Gasteiger partial charge on any atom is 1.00 e. The molecule has 2 amide bonds. The quantitative estimate of drug-likeness (QED) is 0.259. The maximum atomic E-state index is 11.9. The SMILES string of the molecule is C[As](C)SC[C@H](NC(=O)CC[C@H](N)C(=O)[O-])C(=O)NCC(=O)[O-].[Na+].[Na+]. The zero-order valence-corrected chi connectivity index (χ0v) is 21.6. The molecule has 13 heteroatoms. The summed E-state index contributed by atoms with van der Waals surface area (Å²) in [6.07, 6.45) is -0.294. The third kappa shape index (κ3) is 16.6. The summed E-state index contributed by atoms with van der Waals surface area (Å²) in [4.78, 5) is 44.5. The van der Waals surface area contributed by atoms with Crippen molar-refractivity contribution in [3.05, 3.63) is 0 Å². The second-order valence-electron chi connectivity index (χ2n) is 4.78. The molecule has 25 heavy (non-hydrogen) atoms. The van der Waals surface area contributed by atoms with E-state index in [2.05, 4.69) is 22.1 Å². The third-order valence-corrected chi connectivity index (χ3v) is 7.73. The van der Waals surface area contributed by atoms with Crippen molar-refractivity contribution in [2.24, 2.45) is 5.73 Å². The van der Waals surface area contributed by atoms with Gasteiger partial charge in [0.1, 0.15) is 0 Å². The Bertz CT molecular complexity index is 459. The van der Waals surface area contributed by atoms with Crippen LogP contribution in [-0.4, -0.2) is 61.6 Å². The smallest absolute Gasteiger partial charge is 1.00 e. The van der Waals surface area contributed by atoms with E-state index in [-0.39, 0.29) is 72.0 Å². The fraction of sp³-hybridized carbons (Fsp3) is 0.667. The Morgan fingerprint density at radius 1 is 1.16 bits per heavy atom. The average Bonchev–Trinajstić information content (AvgIpc) is 2.45. The van der Waals surface area contributed by atoms with Gasteiger partial charge in [0.25, 0.3) is 0 Å². The molecule has 0 aliphatic carbocycles. The van der Waals surface area contributed by atoms with Gasteiger partial charge in [0.15, 0.2) is 0 Å². The number of nitrogens with two attached hydrogens (primary N) is 1. The topological polar surface area (TPSA) is 164 Å². The van der Waals surface area contributed by atoms with E-state index in [4.69, 9.17) is 5.73 Å². The molecule has 4 N–H and O–H groups in total. The summed E-state index contributed by atoms with van der Waals surface area (Å²) >= 11 is -1.11. The minimum absolute atomic E-state index is 0. The predicted octanol–water partition coefficient (Wildman–Crippen LogP) is -9.81. The Kier molecular flexibility index (Phi) is 20.6. The maximum Gasteiger partial charge on any atom is 1.00 e. The van der Waals surface area contributed by atoms with Crippen LogP contribution in [0, 0.1) is 0 Å². The number of hydrogen-bond acceptors (Lipinski definition) is 8. The van der Waals surface area contributed by atoms with Crippen LogP contribution in [0.25, 0.3) is 0 Å². The Balaban J connectivity index is -0.00000242. The van der Waals surface area contributed by atoms with Crippen molar-refractivity contribution in [1.29, 1.82) is 0 Å². The second-order valence-corrected chi connectivity index (χ2v) is 14.2. The van der Waals surface area contributed by atoms with E-state index < -0.39 is 55.9 Å². The molecule has 9 nitrogen and oxygen atoms in total. The number of carbonyl (C=O) groups is 4. The largest absolute Gasteiger partial charge is 1.00 e. The Labute approximate surface area is 198 Å². The Morgan fingerprint density at radius 2 is 1.72 bits per heavy atom. The molecule has 0 aliphatic rings. The number of carboxylic acid groups (broad SMARTS) is 2. The van der Waals surface area contributed by atoms with Crippen LogP contribution in [0.2, 0.25) is 11.4 Å². The summed E-state index contributed by atoms with van der Waals surface area (Å²) < 4.78 is 0. The van der Waals surface area contributed by atoms with Crippen molar-refractivity contribution >= 4 is 47.3 Å². The summed E-state index contributed by atoms with van der Waals surface area (Å²) in [5, 5.41) is 25.5. The van der Waals surface area contributed by atoms with Gasteiger partial charge in [-0.25, -0.2) is 0 Å². The molecule has 0 aromatic carbocycles. The van der Waals surface area contributed by atoms with Crippen molar-refractivity contribution in [3.8, 4) is 0 Å². The number of carboxylic acids is 2. The van der Waals surface area contributed by atoms with Crippen LogP contribution in [0.1, 0.15) is 12.8 Å². The van der Waals surface area contributed by atoms with Crippen LogP contribution in [0.15, 0.2) is 0 Å². The first-order valence-electron chi connectivity index (χ1n) is 6.67. The summed E-state index contributed by atoms with van der Waals surface area (Å²) in [7, 11) is 1.55. The molecule has 0 aromatic rings. The first-order valence-corrected chi connectivity index (χ1v) is 13.7. The number of aliphatic carboxylic acids is 2. The van der Waals surface area contributed by atoms with Crippen LogP contribution >= 0.6 is 10.0 Å². The molecule has 132 valence electrons. The second kappa shape index (κ2) is 16.9. The van der Waals surface area contributed by atoms with Gasteiger partial charge in [-0.2, -0.15) is 0 Å². The van der Waals surface area contributed by atoms with Crippen LogP contribution in [0.5, 0.6) is 0 Å². The average molecular weight is 455 g/mol. The van der Waals surface area contributed by atoms with Crippen molar-refractivity contribution in [2.75, 3.05) is 12.3 Å². The Hall–Kier alpha value is 0.748. The molecule has 0 radical (unpaired) electrons. The van der Waals surface area contributed by atoms with Crippen molar-refractivity contribution in [2.45, 2.75) is 36.3 Å². The fourth-order valence-corrected chi connectivity index (χ4v) is 4.86. The number of rotatable bonds is 11. The molecule has 0 saturated carbocycles. The van der Waals surface area contributed by atoms with E-state index >= 15 is 0 Å². The molecule has 2 atom stereocenters. The molecule has 0 aliphatic heterocycles. The van der Waals surface area contributed by atoms with Crippen molar-refractivity contribution < 1.29 is 88.5 Å². The molecule has 0 heterocycles. The van der Waals surface area contributed by atoms with Gasteiger partial charge in [0, 0.05) is 0 Å². The van der Waals surface area contributed by atoms with Gasteiger partial charge < -0.3 is 0 Å². The van der Waals surface area contributed by atoms with E-state index in [1.807, 2.05) is 0 Å². The van der Waals surface area contributed by atoms with Gasteiger partial charge in [-0.1, -0.05) is 0 Å². The van der Waals surface area contributed by atoms with E-state index in [0.717, 1.165) is 0 Å². The van der Waals surface area contributed by atoms with Crippen LogP contribution in [0.4, 0.5) is 0 Å². The minimum atomic E-state index is -1.46. The zero-order chi connectivity index (χ0) is 18.0. The van der Waals surface area contributed by atoms with E-state index in [1.54, 1.807) is 10.0 Å². The summed E-state index contributed by atoms with van der Waals surface area (Å²) in [6, 6.07) is -2.16. The predicted molar refractivity (Wildman–Crippen MR) is 82.1 cm³/mol. The van der Waals surface area contributed by atoms with Gasteiger partial charge in [-0.15, -0.1) is 0 Å². The maximum absolute atomic E-state index is 11.9. The summed E-state index contributed by atoms with van der Waals surface area (Å²) in [5.41, 5.74) is 9.34. The first-order chi connectivity index (χ1) is 10.6. The molecule has 0 bridgehead atoms. The van der Waals surface area contributed by atoms with Crippen LogP contribution < -0.4 is 85.7 Å². The number of amides is 2. The summed E-state index contributed by atoms with van der Waals surface area (Å²) in [6.45, 7) is -0.648. The van der Waals surface area contributed by atoms with Gasteiger partial charge in [-0.05, 0) is 0 Å². The molecular weight excluding hydrogens is 435 g/mol. The van der Waals surface area contributed by atoms with Crippen LogP contribution in [-0.2, 0) is 19.2 Å². The molecule has 0 aromatic heterocycles. The van der Waals surface area contributed by atoms with Gasteiger partial charge in [0.2, 0.25) is 0 Å².